The first-order valence-corrected chi connectivity index (χ1v) is 7.09. The number of rotatable bonds is 9. The minimum atomic E-state index is 0.657. The fourth-order valence-corrected chi connectivity index (χ4v) is 1.83. The van der Waals surface area contributed by atoms with E-state index in [1.165, 1.54) is 6.42 Å². The quantitative estimate of drug-likeness (QED) is 0.444. The van der Waals surface area contributed by atoms with Crippen LogP contribution in [0.3, 0.4) is 0 Å². The van der Waals surface area contributed by atoms with Crippen molar-refractivity contribution in [3.05, 3.63) is 37.0 Å². The summed E-state index contributed by atoms with van der Waals surface area (Å²) in [5, 5.41) is 0. The van der Waals surface area contributed by atoms with Crippen molar-refractivity contribution in [2.75, 3.05) is 0 Å². The van der Waals surface area contributed by atoms with Crippen LogP contribution in [0.25, 0.3) is 0 Å². The molecular weight excluding hydrogens is 204 g/mol. The predicted octanol–water partition coefficient (Wildman–Crippen LogP) is 5.77. The Hall–Kier alpha value is -0.780. The highest BCUT2D eigenvalue weighted by molar-refractivity contribution is 4.98. The van der Waals surface area contributed by atoms with Crippen LogP contribution in [-0.4, -0.2) is 0 Å². The van der Waals surface area contributed by atoms with E-state index in [1.807, 2.05) is 6.08 Å². The van der Waals surface area contributed by atoms with Gasteiger partial charge in [-0.1, -0.05) is 64.5 Å². The molecule has 17 heavy (non-hydrogen) atoms. The first-order valence-electron chi connectivity index (χ1n) is 7.09. The van der Waals surface area contributed by atoms with Crippen molar-refractivity contribution in [1.82, 2.24) is 0 Å². The number of allylic oxidation sites excluding steroid dienone is 5. The van der Waals surface area contributed by atoms with Crippen LogP contribution in [-0.2, 0) is 0 Å². The van der Waals surface area contributed by atoms with Gasteiger partial charge in [-0.3, -0.25) is 0 Å². The van der Waals surface area contributed by atoms with E-state index in [9.17, 15) is 0 Å². The van der Waals surface area contributed by atoms with Crippen LogP contribution in [0.4, 0.5) is 0 Å². The molecule has 0 radical (unpaired) electrons. The van der Waals surface area contributed by atoms with E-state index in [0.29, 0.717) is 17.8 Å². The zero-order valence-corrected chi connectivity index (χ0v) is 12.2. The summed E-state index contributed by atoms with van der Waals surface area (Å²) in [7, 11) is 0. The van der Waals surface area contributed by atoms with Crippen LogP contribution in [0.1, 0.15) is 53.4 Å². The van der Waals surface area contributed by atoms with E-state index in [1.54, 1.807) is 0 Å². The minimum Gasteiger partial charge on any atom is -0.103 e. The third kappa shape index (κ3) is 8.01. The Morgan fingerprint density at radius 1 is 1.00 bits per heavy atom. The normalized spacial score (nSPS) is 17.4. The molecule has 0 aliphatic rings. The maximum absolute atomic E-state index is 3.85. The Morgan fingerprint density at radius 3 is 2.24 bits per heavy atom. The summed E-state index contributed by atoms with van der Waals surface area (Å²) >= 11 is 0. The first-order chi connectivity index (χ1) is 8.15. The molecule has 0 aromatic heterocycles. The molecule has 3 atom stereocenters. The fraction of sp³-hybridized carbons (Fsp3) is 0.647. The van der Waals surface area contributed by atoms with E-state index in [0.717, 1.165) is 19.3 Å². The Labute approximate surface area is 109 Å². The molecule has 0 aromatic carbocycles. The standard InChI is InChI=1S/C17H30/c1-6-9-10-12-17(16(5)11-7-2)14-13-15(4)8-3/h7,9-10,13-17H,2,6,8,11-12H2,1,3-5H3. The lowest BCUT2D eigenvalue weighted by molar-refractivity contribution is 0.434. The molecule has 0 amide bonds. The Bertz CT molecular complexity index is 234. The SMILES string of the molecule is C=CCC(C)C(C=CC(C)CC)CC=CCC. The molecule has 0 nitrogen and oxygen atoms in total. The average molecular weight is 234 g/mol. The largest absolute Gasteiger partial charge is 0.103 e. The maximum Gasteiger partial charge on any atom is -0.0170 e. The molecule has 0 spiro atoms. The molecule has 0 heterocycles. The van der Waals surface area contributed by atoms with Gasteiger partial charge in [-0.15, -0.1) is 6.58 Å². The van der Waals surface area contributed by atoms with Crippen LogP contribution in [0, 0.1) is 17.8 Å². The van der Waals surface area contributed by atoms with Gasteiger partial charge in [-0.05, 0) is 37.0 Å². The molecule has 0 bridgehead atoms. The van der Waals surface area contributed by atoms with Crippen molar-refractivity contribution in [2.45, 2.75) is 53.4 Å². The molecular formula is C17H30. The van der Waals surface area contributed by atoms with Gasteiger partial charge < -0.3 is 0 Å². The summed E-state index contributed by atoms with van der Waals surface area (Å²) in [6.45, 7) is 12.9. The second-order valence-corrected chi connectivity index (χ2v) is 5.05. The van der Waals surface area contributed by atoms with Crippen molar-refractivity contribution in [3.8, 4) is 0 Å². The smallest absolute Gasteiger partial charge is 0.0170 e. The van der Waals surface area contributed by atoms with Gasteiger partial charge in [-0.2, -0.15) is 0 Å². The average Bonchev–Trinajstić information content (AvgIpc) is 2.33. The van der Waals surface area contributed by atoms with Crippen LogP contribution in [0.2, 0.25) is 0 Å². The van der Waals surface area contributed by atoms with Crippen LogP contribution in [0.5, 0.6) is 0 Å². The highest BCUT2D eigenvalue weighted by Gasteiger charge is 2.11. The summed E-state index contributed by atoms with van der Waals surface area (Å²) in [4.78, 5) is 0. The molecule has 0 heteroatoms. The van der Waals surface area contributed by atoms with Gasteiger partial charge >= 0.3 is 0 Å². The molecule has 0 rings (SSSR count). The van der Waals surface area contributed by atoms with Crippen molar-refractivity contribution in [2.24, 2.45) is 17.8 Å². The molecule has 0 fully saturated rings. The van der Waals surface area contributed by atoms with Crippen molar-refractivity contribution in [1.29, 1.82) is 0 Å². The van der Waals surface area contributed by atoms with Crippen LogP contribution < -0.4 is 0 Å². The summed E-state index contributed by atoms with van der Waals surface area (Å²) in [6, 6.07) is 0. The topological polar surface area (TPSA) is 0 Å². The van der Waals surface area contributed by atoms with E-state index >= 15 is 0 Å². The molecule has 0 aliphatic carbocycles. The van der Waals surface area contributed by atoms with Crippen molar-refractivity contribution >= 4 is 0 Å². The van der Waals surface area contributed by atoms with Crippen LogP contribution >= 0.6 is 0 Å². The highest BCUT2D eigenvalue weighted by Crippen LogP contribution is 2.22. The lowest BCUT2D eigenvalue weighted by atomic mass is 9.87. The molecule has 98 valence electrons. The zero-order valence-electron chi connectivity index (χ0n) is 12.2. The van der Waals surface area contributed by atoms with Gasteiger partial charge in [0.2, 0.25) is 0 Å². The fourth-order valence-electron chi connectivity index (χ4n) is 1.83. The van der Waals surface area contributed by atoms with Gasteiger partial charge in [-0.25, -0.2) is 0 Å². The molecule has 0 N–H and O–H groups in total. The zero-order chi connectivity index (χ0) is 13.1. The van der Waals surface area contributed by atoms with Gasteiger partial charge in [0.25, 0.3) is 0 Å². The monoisotopic (exact) mass is 234 g/mol. The molecule has 0 aromatic rings. The minimum absolute atomic E-state index is 0.657. The summed E-state index contributed by atoms with van der Waals surface area (Å²) in [5.74, 6) is 2.04. The lowest BCUT2D eigenvalue weighted by Crippen LogP contribution is -2.08. The van der Waals surface area contributed by atoms with E-state index < -0.39 is 0 Å². The summed E-state index contributed by atoms with van der Waals surface area (Å²) in [5.41, 5.74) is 0. The second kappa shape index (κ2) is 10.4. The predicted molar refractivity (Wildman–Crippen MR) is 80.1 cm³/mol. The van der Waals surface area contributed by atoms with Gasteiger partial charge in [0, 0.05) is 0 Å². The van der Waals surface area contributed by atoms with Gasteiger partial charge in [0.1, 0.15) is 0 Å². The highest BCUT2D eigenvalue weighted by atomic mass is 14.2. The molecule has 0 aliphatic heterocycles. The molecule has 0 saturated carbocycles. The summed E-state index contributed by atoms with van der Waals surface area (Å²) < 4.78 is 0. The van der Waals surface area contributed by atoms with E-state index in [-0.39, 0.29) is 0 Å². The first kappa shape index (κ1) is 16.2. The summed E-state index contributed by atoms with van der Waals surface area (Å²) in [6.07, 6.45) is 16.1. The second-order valence-electron chi connectivity index (χ2n) is 5.05. The van der Waals surface area contributed by atoms with E-state index in [4.69, 9.17) is 0 Å². The Balaban J connectivity index is 4.43. The van der Waals surface area contributed by atoms with E-state index in [2.05, 4.69) is 58.6 Å². The van der Waals surface area contributed by atoms with Crippen LogP contribution in [0.15, 0.2) is 37.0 Å². The Kier molecular flexibility index (Phi) is 9.90. The third-order valence-electron chi connectivity index (χ3n) is 3.41. The number of hydrogen-bond donors (Lipinski definition) is 0. The maximum atomic E-state index is 3.85. The van der Waals surface area contributed by atoms with Crippen molar-refractivity contribution in [3.63, 3.8) is 0 Å². The lowest BCUT2D eigenvalue weighted by Gasteiger charge is -2.18. The third-order valence-corrected chi connectivity index (χ3v) is 3.41. The van der Waals surface area contributed by atoms with Gasteiger partial charge in [0.15, 0.2) is 0 Å². The molecule has 3 unspecified atom stereocenters. The van der Waals surface area contributed by atoms with Gasteiger partial charge in [0.05, 0.1) is 0 Å². The Morgan fingerprint density at radius 2 is 1.71 bits per heavy atom. The molecule has 0 saturated heterocycles. The number of hydrogen-bond acceptors (Lipinski definition) is 0. The van der Waals surface area contributed by atoms with Crippen molar-refractivity contribution < 1.29 is 0 Å².